The number of hydrogen-bond acceptors (Lipinski definition) is 2. The summed E-state index contributed by atoms with van der Waals surface area (Å²) in [5, 5.41) is 10.7. The molecule has 0 saturated heterocycles. The minimum atomic E-state index is -0.686. The van der Waals surface area contributed by atoms with Crippen LogP contribution in [0.3, 0.4) is 0 Å². The maximum atomic E-state index is 11.5. The Morgan fingerprint density at radius 2 is 1.92 bits per heavy atom. The smallest absolute Gasteiger partial charge is 0.306 e. The normalized spacial score (nSPS) is 15.8. The van der Waals surface area contributed by atoms with E-state index < -0.39 is 5.97 Å². The van der Waals surface area contributed by atoms with Gasteiger partial charge in [-0.2, -0.15) is 0 Å². The highest BCUT2D eigenvalue weighted by Gasteiger charge is 2.24. The number of fused-ring (bicyclic) bond motifs is 2. The van der Waals surface area contributed by atoms with E-state index in [1.54, 1.807) is 0 Å². The van der Waals surface area contributed by atoms with Gasteiger partial charge in [-0.05, 0) is 62.1 Å². The van der Waals surface area contributed by atoms with Crippen LogP contribution >= 0.6 is 0 Å². The van der Waals surface area contributed by atoms with Crippen LogP contribution in [0, 0.1) is 12.8 Å². The maximum absolute atomic E-state index is 11.5. The van der Waals surface area contributed by atoms with Gasteiger partial charge in [-0.15, -0.1) is 0 Å². The fourth-order valence-corrected chi connectivity index (χ4v) is 4.03. The third-order valence-corrected chi connectivity index (χ3v) is 5.40. The Hall–Kier alpha value is -1.81. The second-order valence-electron chi connectivity index (χ2n) is 7.17. The second-order valence-corrected chi connectivity index (χ2v) is 7.17. The van der Waals surface area contributed by atoms with Crippen molar-refractivity contribution < 1.29 is 9.90 Å². The molecule has 1 unspecified atom stereocenters. The quantitative estimate of drug-likeness (QED) is 0.873. The first-order valence-corrected chi connectivity index (χ1v) is 9.01. The molecule has 0 saturated carbocycles. The van der Waals surface area contributed by atoms with Crippen LogP contribution in [0.15, 0.2) is 12.1 Å². The Morgan fingerprint density at radius 3 is 2.50 bits per heavy atom. The number of aryl methyl sites for hydroxylation is 1. The molecule has 2 aromatic rings. The molecule has 130 valence electrons. The average molecular weight is 328 g/mol. The highest BCUT2D eigenvalue weighted by atomic mass is 16.4. The minimum Gasteiger partial charge on any atom is -0.481 e. The summed E-state index contributed by atoms with van der Waals surface area (Å²) in [5.41, 5.74) is 6.55. The fraction of sp³-hybridized carbons (Fsp3) is 0.550. The van der Waals surface area contributed by atoms with E-state index in [-0.39, 0.29) is 5.92 Å². The van der Waals surface area contributed by atoms with Gasteiger partial charge in [-0.1, -0.05) is 13.8 Å². The molecule has 1 aliphatic rings. The molecule has 1 N–H and O–H groups in total. The molecule has 0 fully saturated rings. The number of rotatable bonds is 6. The van der Waals surface area contributed by atoms with Gasteiger partial charge in [0.1, 0.15) is 0 Å². The molecule has 4 nitrogen and oxygen atoms in total. The SMILES string of the molecule is CCCn1c(C)c(CC(CC)C(=O)O)c2cc3c(cc21)CN(C)C3. The summed E-state index contributed by atoms with van der Waals surface area (Å²) >= 11 is 0. The lowest BCUT2D eigenvalue weighted by Crippen LogP contribution is -2.16. The first kappa shape index (κ1) is 17.0. The van der Waals surface area contributed by atoms with E-state index in [0.717, 1.165) is 26.1 Å². The number of nitrogens with zero attached hydrogens (tertiary/aromatic N) is 2. The number of carbonyl (C=O) groups is 1. The number of aliphatic carboxylic acids is 1. The molecule has 0 radical (unpaired) electrons. The lowest BCUT2D eigenvalue weighted by Gasteiger charge is -2.11. The molecule has 0 bridgehead atoms. The van der Waals surface area contributed by atoms with E-state index in [9.17, 15) is 9.90 Å². The third kappa shape index (κ3) is 2.84. The van der Waals surface area contributed by atoms with Crippen LogP contribution in [0.2, 0.25) is 0 Å². The van der Waals surface area contributed by atoms with Crippen LogP contribution in [-0.4, -0.2) is 27.6 Å². The average Bonchev–Trinajstić information content (AvgIpc) is 3.01. The topological polar surface area (TPSA) is 45.5 Å². The number of carboxylic acids is 1. The molecule has 1 atom stereocenters. The summed E-state index contributed by atoms with van der Waals surface area (Å²) in [6.07, 6.45) is 2.37. The molecular weight excluding hydrogens is 300 g/mol. The number of benzene rings is 1. The van der Waals surface area contributed by atoms with E-state index in [2.05, 4.69) is 42.5 Å². The summed E-state index contributed by atoms with van der Waals surface area (Å²) in [5.74, 6) is -0.991. The first-order valence-electron chi connectivity index (χ1n) is 9.01. The van der Waals surface area contributed by atoms with Crippen molar-refractivity contribution >= 4 is 16.9 Å². The highest BCUT2D eigenvalue weighted by Crippen LogP contribution is 2.34. The Bertz CT molecular complexity index is 776. The molecule has 0 amide bonds. The van der Waals surface area contributed by atoms with Gasteiger partial charge in [0.15, 0.2) is 0 Å². The van der Waals surface area contributed by atoms with Crippen molar-refractivity contribution in [1.82, 2.24) is 9.47 Å². The fourth-order valence-electron chi connectivity index (χ4n) is 4.03. The number of hydrogen-bond donors (Lipinski definition) is 1. The molecule has 4 heteroatoms. The number of carboxylic acid groups (broad SMARTS) is 1. The monoisotopic (exact) mass is 328 g/mol. The molecule has 1 aliphatic heterocycles. The van der Waals surface area contributed by atoms with Gasteiger partial charge in [0.05, 0.1) is 5.92 Å². The third-order valence-electron chi connectivity index (χ3n) is 5.40. The van der Waals surface area contributed by atoms with Gasteiger partial charge in [0.25, 0.3) is 0 Å². The zero-order chi connectivity index (χ0) is 17.4. The first-order chi connectivity index (χ1) is 11.5. The van der Waals surface area contributed by atoms with Crippen molar-refractivity contribution in [3.63, 3.8) is 0 Å². The largest absolute Gasteiger partial charge is 0.481 e. The summed E-state index contributed by atoms with van der Waals surface area (Å²) < 4.78 is 2.39. The summed E-state index contributed by atoms with van der Waals surface area (Å²) in [6, 6.07) is 4.65. The van der Waals surface area contributed by atoms with E-state index in [1.165, 1.54) is 33.3 Å². The summed E-state index contributed by atoms with van der Waals surface area (Å²) in [4.78, 5) is 13.9. The minimum absolute atomic E-state index is 0.305. The zero-order valence-electron chi connectivity index (χ0n) is 15.2. The van der Waals surface area contributed by atoms with Gasteiger partial charge < -0.3 is 9.67 Å². The van der Waals surface area contributed by atoms with Crippen molar-refractivity contribution in [3.8, 4) is 0 Å². The molecule has 0 aliphatic carbocycles. The molecule has 1 aromatic heterocycles. The van der Waals surface area contributed by atoms with Gasteiger partial charge in [-0.3, -0.25) is 9.69 Å². The Labute approximate surface area is 144 Å². The van der Waals surface area contributed by atoms with Crippen LogP contribution in [0.1, 0.15) is 49.1 Å². The summed E-state index contributed by atoms with van der Waals surface area (Å²) in [7, 11) is 2.15. The Morgan fingerprint density at radius 1 is 1.25 bits per heavy atom. The molecule has 3 rings (SSSR count). The van der Waals surface area contributed by atoms with Gasteiger partial charge in [0.2, 0.25) is 0 Å². The van der Waals surface area contributed by atoms with E-state index >= 15 is 0 Å². The van der Waals surface area contributed by atoms with E-state index in [1.807, 2.05) is 6.92 Å². The molecular formula is C20H28N2O2. The van der Waals surface area contributed by atoms with Crippen LogP contribution in [0.25, 0.3) is 10.9 Å². The predicted octanol–water partition coefficient (Wildman–Crippen LogP) is 3.96. The second kappa shape index (κ2) is 6.60. The van der Waals surface area contributed by atoms with Crippen LogP contribution in [0.5, 0.6) is 0 Å². The molecule has 2 heterocycles. The van der Waals surface area contributed by atoms with Crippen molar-refractivity contribution in [3.05, 3.63) is 34.5 Å². The van der Waals surface area contributed by atoms with Crippen LogP contribution < -0.4 is 0 Å². The van der Waals surface area contributed by atoms with E-state index in [4.69, 9.17) is 0 Å². The predicted molar refractivity (Wildman–Crippen MR) is 97.3 cm³/mol. The lowest BCUT2D eigenvalue weighted by molar-refractivity contribution is -0.141. The molecule has 1 aromatic carbocycles. The standard InChI is InChI=1S/C20H28N2O2/c1-5-7-22-13(3)17(8-14(6-2)20(23)24)18-9-15-11-21(4)12-16(15)10-19(18)22/h9-10,14H,5-8,11-12H2,1-4H3,(H,23,24). The van der Waals surface area contributed by atoms with Crippen LogP contribution in [-0.2, 0) is 30.8 Å². The highest BCUT2D eigenvalue weighted by molar-refractivity contribution is 5.88. The van der Waals surface area contributed by atoms with Crippen molar-refractivity contribution in [2.75, 3.05) is 7.05 Å². The zero-order valence-corrected chi connectivity index (χ0v) is 15.2. The number of aromatic nitrogens is 1. The van der Waals surface area contributed by atoms with E-state index in [0.29, 0.717) is 12.8 Å². The van der Waals surface area contributed by atoms with Gasteiger partial charge >= 0.3 is 5.97 Å². The van der Waals surface area contributed by atoms with Crippen molar-refractivity contribution in [2.24, 2.45) is 5.92 Å². The lowest BCUT2D eigenvalue weighted by atomic mass is 9.94. The molecule has 24 heavy (non-hydrogen) atoms. The van der Waals surface area contributed by atoms with Crippen molar-refractivity contribution in [2.45, 2.75) is 59.7 Å². The van der Waals surface area contributed by atoms with Gasteiger partial charge in [0, 0.05) is 36.2 Å². The molecule has 0 spiro atoms. The maximum Gasteiger partial charge on any atom is 0.306 e. The Kier molecular flexibility index (Phi) is 4.68. The summed E-state index contributed by atoms with van der Waals surface area (Å²) in [6.45, 7) is 9.28. The van der Waals surface area contributed by atoms with Crippen LogP contribution in [0.4, 0.5) is 0 Å². The Balaban J connectivity index is 2.15. The van der Waals surface area contributed by atoms with Gasteiger partial charge in [-0.25, -0.2) is 0 Å². The van der Waals surface area contributed by atoms with Crippen molar-refractivity contribution in [1.29, 1.82) is 0 Å².